The Hall–Kier alpha value is -0.0800. The maximum absolute atomic E-state index is 5.34. The second kappa shape index (κ2) is 3.94. The lowest BCUT2D eigenvalue weighted by Crippen LogP contribution is -2.20. The van der Waals surface area contributed by atoms with Gasteiger partial charge in [-0.05, 0) is 12.8 Å². The first-order valence-corrected chi connectivity index (χ1v) is 3.91. The molecular formula is C8H15O2. The van der Waals surface area contributed by atoms with Crippen molar-refractivity contribution in [2.75, 3.05) is 13.2 Å². The van der Waals surface area contributed by atoms with Gasteiger partial charge in [-0.3, -0.25) is 0 Å². The second-order valence-corrected chi connectivity index (χ2v) is 2.52. The molecule has 1 saturated heterocycles. The normalized spacial score (nSPS) is 20.7. The standard InChI is InChI=1S/C8H15O2/c1-3-7(4-2)8-9-5-6-10-8/h3,7-8H,4-6H2,1-2H3. The Morgan fingerprint density at radius 3 is 2.50 bits per heavy atom. The number of ether oxygens (including phenoxy) is 2. The molecule has 1 aliphatic heterocycles. The van der Waals surface area contributed by atoms with Crippen molar-refractivity contribution in [3.63, 3.8) is 0 Å². The van der Waals surface area contributed by atoms with E-state index in [9.17, 15) is 0 Å². The zero-order valence-electron chi connectivity index (χ0n) is 6.67. The lowest BCUT2D eigenvalue weighted by Gasteiger charge is -2.17. The van der Waals surface area contributed by atoms with E-state index in [1.54, 1.807) is 0 Å². The number of hydrogen-bond donors (Lipinski definition) is 0. The molecule has 59 valence electrons. The van der Waals surface area contributed by atoms with E-state index >= 15 is 0 Å². The smallest absolute Gasteiger partial charge is 0.160 e. The van der Waals surface area contributed by atoms with Crippen molar-refractivity contribution < 1.29 is 9.47 Å². The van der Waals surface area contributed by atoms with Crippen LogP contribution >= 0.6 is 0 Å². The van der Waals surface area contributed by atoms with Crippen LogP contribution in [0.3, 0.4) is 0 Å². The van der Waals surface area contributed by atoms with Gasteiger partial charge in [0.05, 0.1) is 13.2 Å². The summed E-state index contributed by atoms with van der Waals surface area (Å²) in [5.41, 5.74) is 0. The van der Waals surface area contributed by atoms with Crippen LogP contribution in [0.25, 0.3) is 0 Å². The molecule has 0 aliphatic carbocycles. The topological polar surface area (TPSA) is 18.5 Å². The molecule has 0 aromatic carbocycles. The summed E-state index contributed by atoms with van der Waals surface area (Å²) in [6.45, 7) is 5.72. The molecule has 2 nitrogen and oxygen atoms in total. The molecule has 1 heterocycles. The average molecular weight is 143 g/mol. The largest absolute Gasteiger partial charge is 0.350 e. The van der Waals surface area contributed by atoms with Crippen LogP contribution in [-0.4, -0.2) is 19.5 Å². The molecular weight excluding hydrogens is 128 g/mol. The third kappa shape index (κ3) is 1.70. The van der Waals surface area contributed by atoms with Gasteiger partial charge in [-0.15, -0.1) is 0 Å². The predicted molar refractivity (Wildman–Crippen MR) is 39.4 cm³/mol. The average Bonchev–Trinajstić information content (AvgIpc) is 2.43. The monoisotopic (exact) mass is 143 g/mol. The van der Waals surface area contributed by atoms with Crippen molar-refractivity contribution in [2.24, 2.45) is 5.92 Å². The summed E-state index contributed by atoms with van der Waals surface area (Å²) < 4.78 is 10.7. The Bertz CT molecular complexity index is 83.3. The number of rotatable bonds is 3. The van der Waals surface area contributed by atoms with Crippen LogP contribution in [0.1, 0.15) is 20.3 Å². The zero-order valence-corrected chi connectivity index (χ0v) is 6.67. The van der Waals surface area contributed by atoms with E-state index in [0.29, 0.717) is 5.92 Å². The fraction of sp³-hybridized carbons (Fsp3) is 0.875. The fourth-order valence-corrected chi connectivity index (χ4v) is 1.21. The van der Waals surface area contributed by atoms with E-state index in [0.717, 1.165) is 19.6 Å². The molecule has 1 rings (SSSR count). The predicted octanol–water partition coefficient (Wildman–Crippen LogP) is 1.61. The molecule has 0 bridgehead atoms. The maximum atomic E-state index is 5.34. The minimum atomic E-state index is 0.0370. The van der Waals surface area contributed by atoms with E-state index in [4.69, 9.17) is 9.47 Å². The molecule has 0 aromatic rings. The highest BCUT2D eigenvalue weighted by Gasteiger charge is 2.23. The van der Waals surface area contributed by atoms with Crippen molar-refractivity contribution in [1.29, 1.82) is 0 Å². The Balaban J connectivity index is 2.29. The molecule has 0 aromatic heterocycles. The van der Waals surface area contributed by atoms with Crippen LogP contribution in [0.4, 0.5) is 0 Å². The first-order chi connectivity index (χ1) is 4.88. The molecule has 0 amide bonds. The third-order valence-electron chi connectivity index (χ3n) is 1.90. The molecule has 0 N–H and O–H groups in total. The molecule has 1 atom stereocenters. The second-order valence-electron chi connectivity index (χ2n) is 2.52. The SMILES string of the molecule is C[CH]C(CC)C1OCCO1. The van der Waals surface area contributed by atoms with Crippen LogP contribution in [-0.2, 0) is 9.47 Å². The van der Waals surface area contributed by atoms with Gasteiger partial charge in [-0.25, -0.2) is 0 Å². The molecule has 0 spiro atoms. The first-order valence-electron chi connectivity index (χ1n) is 3.91. The van der Waals surface area contributed by atoms with Crippen molar-refractivity contribution in [3.8, 4) is 0 Å². The van der Waals surface area contributed by atoms with Crippen LogP contribution in [0.2, 0.25) is 0 Å². The minimum Gasteiger partial charge on any atom is -0.350 e. The van der Waals surface area contributed by atoms with Gasteiger partial charge in [0.15, 0.2) is 6.29 Å². The summed E-state index contributed by atoms with van der Waals surface area (Å²) in [6, 6.07) is 0. The maximum Gasteiger partial charge on any atom is 0.160 e. The Labute approximate surface area is 62.5 Å². The van der Waals surface area contributed by atoms with Crippen molar-refractivity contribution >= 4 is 0 Å². The fourth-order valence-electron chi connectivity index (χ4n) is 1.21. The molecule has 1 radical (unpaired) electrons. The molecule has 10 heavy (non-hydrogen) atoms. The Morgan fingerprint density at radius 1 is 1.50 bits per heavy atom. The van der Waals surface area contributed by atoms with Crippen molar-refractivity contribution in [1.82, 2.24) is 0 Å². The van der Waals surface area contributed by atoms with Gasteiger partial charge >= 0.3 is 0 Å². The van der Waals surface area contributed by atoms with Crippen molar-refractivity contribution in [3.05, 3.63) is 6.42 Å². The summed E-state index contributed by atoms with van der Waals surface area (Å²) in [4.78, 5) is 0. The molecule has 1 fully saturated rings. The van der Waals surface area contributed by atoms with E-state index < -0.39 is 0 Å². The summed E-state index contributed by atoms with van der Waals surface area (Å²) in [6.07, 6.45) is 3.28. The van der Waals surface area contributed by atoms with E-state index in [1.807, 2.05) is 0 Å². The highest BCUT2D eigenvalue weighted by atomic mass is 16.7. The molecule has 0 saturated carbocycles. The van der Waals surface area contributed by atoms with Crippen LogP contribution in [0.15, 0.2) is 0 Å². The van der Waals surface area contributed by atoms with Gasteiger partial charge in [-0.1, -0.05) is 13.8 Å². The molecule has 2 heteroatoms. The minimum absolute atomic E-state index is 0.0370. The van der Waals surface area contributed by atoms with Crippen LogP contribution < -0.4 is 0 Å². The van der Waals surface area contributed by atoms with Gasteiger partial charge < -0.3 is 9.47 Å². The van der Waals surface area contributed by atoms with Gasteiger partial charge in [0.25, 0.3) is 0 Å². The molecule has 1 aliphatic rings. The van der Waals surface area contributed by atoms with Gasteiger partial charge in [-0.2, -0.15) is 0 Å². The van der Waals surface area contributed by atoms with E-state index in [-0.39, 0.29) is 6.29 Å². The summed E-state index contributed by atoms with van der Waals surface area (Å²) in [5.74, 6) is 0.475. The quantitative estimate of drug-likeness (QED) is 0.597. The lowest BCUT2D eigenvalue weighted by molar-refractivity contribution is -0.0750. The van der Waals surface area contributed by atoms with E-state index in [1.165, 1.54) is 0 Å². The van der Waals surface area contributed by atoms with Gasteiger partial charge in [0.1, 0.15) is 0 Å². The third-order valence-corrected chi connectivity index (χ3v) is 1.90. The van der Waals surface area contributed by atoms with Gasteiger partial charge in [0, 0.05) is 5.92 Å². The van der Waals surface area contributed by atoms with Crippen LogP contribution in [0, 0.1) is 12.3 Å². The number of hydrogen-bond acceptors (Lipinski definition) is 2. The van der Waals surface area contributed by atoms with Crippen molar-refractivity contribution in [2.45, 2.75) is 26.6 Å². The van der Waals surface area contributed by atoms with Crippen LogP contribution in [0.5, 0.6) is 0 Å². The zero-order chi connectivity index (χ0) is 7.40. The highest BCUT2D eigenvalue weighted by molar-refractivity contribution is 4.75. The molecule has 1 unspecified atom stereocenters. The Kier molecular flexibility index (Phi) is 3.16. The highest BCUT2D eigenvalue weighted by Crippen LogP contribution is 2.19. The Morgan fingerprint density at radius 2 is 2.10 bits per heavy atom. The lowest BCUT2D eigenvalue weighted by atomic mass is 10.0. The van der Waals surface area contributed by atoms with Gasteiger partial charge in [0.2, 0.25) is 0 Å². The summed E-state index contributed by atoms with van der Waals surface area (Å²) in [7, 11) is 0. The summed E-state index contributed by atoms with van der Waals surface area (Å²) >= 11 is 0. The summed E-state index contributed by atoms with van der Waals surface area (Å²) in [5, 5.41) is 0. The van der Waals surface area contributed by atoms with E-state index in [2.05, 4.69) is 20.3 Å². The first kappa shape index (κ1) is 8.02.